The number of hydrogen-bond donors (Lipinski definition) is 0. The van der Waals surface area contributed by atoms with Crippen LogP contribution in [0.5, 0.6) is 0 Å². The van der Waals surface area contributed by atoms with Crippen LogP contribution in [0.4, 0.5) is 20.6 Å². The van der Waals surface area contributed by atoms with Crippen LogP contribution in [0.15, 0.2) is 28.8 Å². The van der Waals surface area contributed by atoms with Crippen LogP contribution in [0.1, 0.15) is 19.8 Å². The molecule has 0 spiro atoms. The standard InChI is InChI=1S/C17H16FN3O6S/c1-2-27-15(22)9-28-14-7-10(18)12(8-13(14)21(25)26)20-16(23)11-5-3-4-6-19(11)17(20)24/h5,7-8H,2-4,6,9H2,1H3. The summed E-state index contributed by atoms with van der Waals surface area (Å²) in [5, 5.41) is 11.4. The number of carbonyl (C=O) groups excluding carboxylic acids is 3. The van der Waals surface area contributed by atoms with Gasteiger partial charge in [-0.1, -0.05) is 6.08 Å². The molecule has 0 bridgehead atoms. The molecule has 1 aromatic carbocycles. The van der Waals surface area contributed by atoms with Crippen LogP contribution in [0.25, 0.3) is 0 Å². The Balaban J connectivity index is 1.96. The normalized spacial score (nSPS) is 16.1. The van der Waals surface area contributed by atoms with Crippen molar-refractivity contribution in [3.05, 3.63) is 39.8 Å². The van der Waals surface area contributed by atoms with Gasteiger partial charge in [0.2, 0.25) is 0 Å². The number of amides is 3. The molecule has 2 heterocycles. The largest absolute Gasteiger partial charge is 0.465 e. The van der Waals surface area contributed by atoms with Gasteiger partial charge in [0, 0.05) is 12.6 Å². The molecule has 2 aliphatic heterocycles. The van der Waals surface area contributed by atoms with Crippen LogP contribution in [0.3, 0.4) is 0 Å². The summed E-state index contributed by atoms with van der Waals surface area (Å²) in [4.78, 5) is 49.0. The fourth-order valence-electron chi connectivity index (χ4n) is 2.96. The van der Waals surface area contributed by atoms with E-state index >= 15 is 0 Å². The maximum absolute atomic E-state index is 14.7. The highest BCUT2D eigenvalue weighted by Gasteiger charge is 2.44. The molecule has 0 saturated carbocycles. The minimum absolute atomic E-state index is 0.102. The van der Waals surface area contributed by atoms with Gasteiger partial charge in [-0.2, -0.15) is 0 Å². The van der Waals surface area contributed by atoms with E-state index in [0.29, 0.717) is 24.3 Å². The first-order valence-corrected chi connectivity index (χ1v) is 9.46. The summed E-state index contributed by atoms with van der Waals surface area (Å²) in [6.45, 7) is 2.09. The summed E-state index contributed by atoms with van der Waals surface area (Å²) in [5.74, 6) is -2.53. The Kier molecular flexibility index (Phi) is 5.63. The summed E-state index contributed by atoms with van der Waals surface area (Å²) < 4.78 is 19.5. The first kappa shape index (κ1) is 19.8. The molecule has 148 valence electrons. The maximum atomic E-state index is 14.7. The third-order valence-electron chi connectivity index (χ3n) is 4.18. The van der Waals surface area contributed by atoms with Gasteiger partial charge in [-0.05, 0) is 25.8 Å². The molecule has 11 heteroatoms. The number of imide groups is 1. The van der Waals surface area contributed by atoms with Gasteiger partial charge >= 0.3 is 12.0 Å². The molecule has 0 atom stereocenters. The van der Waals surface area contributed by atoms with Crippen LogP contribution < -0.4 is 4.90 Å². The van der Waals surface area contributed by atoms with Crippen molar-refractivity contribution in [2.45, 2.75) is 24.7 Å². The number of urea groups is 1. The van der Waals surface area contributed by atoms with E-state index in [2.05, 4.69) is 0 Å². The first-order chi connectivity index (χ1) is 13.3. The van der Waals surface area contributed by atoms with Crippen LogP contribution in [-0.4, -0.2) is 46.6 Å². The first-order valence-electron chi connectivity index (χ1n) is 8.47. The second-order valence-corrected chi connectivity index (χ2v) is 6.95. The molecular formula is C17H16FN3O6S. The zero-order valence-electron chi connectivity index (χ0n) is 14.8. The van der Waals surface area contributed by atoms with Gasteiger partial charge in [0.15, 0.2) is 0 Å². The fraction of sp³-hybridized carbons (Fsp3) is 0.353. The van der Waals surface area contributed by atoms with Crippen LogP contribution >= 0.6 is 11.8 Å². The van der Waals surface area contributed by atoms with E-state index in [1.54, 1.807) is 13.0 Å². The molecule has 2 aliphatic rings. The molecule has 1 fully saturated rings. The lowest BCUT2D eigenvalue weighted by atomic mass is 10.2. The van der Waals surface area contributed by atoms with Gasteiger partial charge in [0.05, 0.1) is 27.9 Å². The van der Waals surface area contributed by atoms with Gasteiger partial charge < -0.3 is 4.74 Å². The molecule has 0 N–H and O–H groups in total. The van der Waals surface area contributed by atoms with Gasteiger partial charge in [-0.25, -0.2) is 14.1 Å². The summed E-state index contributed by atoms with van der Waals surface area (Å²) in [5.41, 5.74) is -0.846. The van der Waals surface area contributed by atoms with Gasteiger partial charge in [-0.3, -0.25) is 24.6 Å². The van der Waals surface area contributed by atoms with Crippen molar-refractivity contribution < 1.29 is 28.4 Å². The van der Waals surface area contributed by atoms with Crippen molar-refractivity contribution in [2.75, 3.05) is 23.8 Å². The lowest BCUT2D eigenvalue weighted by Gasteiger charge is -2.19. The number of allylic oxidation sites excluding steroid dienone is 1. The van der Waals surface area contributed by atoms with E-state index in [0.717, 1.165) is 23.9 Å². The second-order valence-electron chi connectivity index (χ2n) is 5.93. The van der Waals surface area contributed by atoms with Gasteiger partial charge in [-0.15, -0.1) is 11.8 Å². The summed E-state index contributed by atoms with van der Waals surface area (Å²) >= 11 is 0.744. The second kappa shape index (κ2) is 7.97. The number of esters is 1. The highest BCUT2D eigenvalue weighted by molar-refractivity contribution is 8.00. The van der Waals surface area contributed by atoms with Gasteiger partial charge in [0.1, 0.15) is 11.5 Å². The van der Waals surface area contributed by atoms with Gasteiger partial charge in [0.25, 0.3) is 11.6 Å². The molecular weight excluding hydrogens is 393 g/mol. The number of nitrogens with zero attached hydrogens (tertiary/aromatic N) is 3. The number of nitro groups is 1. The average Bonchev–Trinajstić information content (AvgIpc) is 2.91. The molecule has 1 aromatic rings. The van der Waals surface area contributed by atoms with E-state index in [1.165, 1.54) is 4.90 Å². The number of carbonyl (C=O) groups is 3. The molecule has 0 aromatic heterocycles. The highest BCUT2D eigenvalue weighted by atomic mass is 32.2. The van der Waals surface area contributed by atoms with Crippen molar-refractivity contribution in [2.24, 2.45) is 0 Å². The molecule has 1 saturated heterocycles. The zero-order valence-corrected chi connectivity index (χ0v) is 15.7. The van der Waals surface area contributed by atoms with Crippen molar-refractivity contribution in [1.82, 2.24) is 4.90 Å². The number of fused-ring (bicyclic) bond motifs is 1. The van der Waals surface area contributed by atoms with Crippen LogP contribution in [0.2, 0.25) is 0 Å². The summed E-state index contributed by atoms with van der Waals surface area (Å²) in [6, 6.07) is 0.956. The van der Waals surface area contributed by atoms with Crippen molar-refractivity contribution >= 4 is 41.0 Å². The predicted octanol–water partition coefficient (Wildman–Crippen LogP) is 2.84. The highest BCUT2D eigenvalue weighted by Crippen LogP contribution is 2.38. The number of rotatable bonds is 6. The van der Waals surface area contributed by atoms with E-state index in [1.807, 2.05) is 0 Å². The fourth-order valence-corrected chi connectivity index (χ4v) is 3.78. The maximum Gasteiger partial charge on any atom is 0.336 e. The third kappa shape index (κ3) is 3.57. The number of nitro benzene ring substituents is 1. The Labute approximate surface area is 163 Å². The minimum atomic E-state index is -0.973. The Morgan fingerprint density at radius 1 is 1.39 bits per heavy atom. The topological polar surface area (TPSA) is 110 Å². The lowest BCUT2D eigenvalue weighted by molar-refractivity contribution is -0.387. The number of hydrogen-bond acceptors (Lipinski definition) is 7. The third-order valence-corrected chi connectivity index (χ3v) is 5.19. The molecule has 28 heavy (non-hydrogen) atoms. The molecule has 3 rings (SSSR count). The van der Waals surface area contributed by atoms with E-state index in [-0.39, 0.29) is 23.0 Å². The smallest absolute Gasteiger partial charge is 0.336 e. The SMILES string of the molecule is CCOC(=O)CSc1cc(F)c(N2C(=O)C3=CCCCN3C2=O)cc1[N+](=O)[O-]. The summed E-state index contributed by atoms with van der Waals surface area (Å²) in [6.07, 6.45) is 2.88. The van der Waals surface area contributed by atoms with Crippen molar-refractivity contribution in [3.63, 3.8) is 0 Å². The van der Waals surface area contributed by atoms with Crippen molar-refractivity contribution in [1.29, 1.82) is 0 Å². The predicted molar refractivity (Wildman–Crippen MR) is 97.3 cm³/mol. The number of anilines is 1. The van der Waals surface area contributed by atoms with Crippen molar-refractivity contribution in [3.8, 4) is 0 Å². The molecule has 0 unspecified atom stereocenters. The van der Waals surface area contributed by atoms with E-state index in [4.69, 9.17) is 4.74 Å². The molecule has 0 aliphatic carbocycles. The number of halogens is 1. The molecule has 9 nitrogen and oxygen atoms in total. The average molecular weight is 409 g/mol. The Morgan fingerprint density at radius 2 is 2.14 bits per heavy atom. The number of benzene rings is 1. The molecule has 3 amide bonds. The Morgan fingerprint density at radius 3 is 2.79 bits per heavy atom. The number of ether oxygens (including phenoxy) is 1. The van der Waals surface area contributed by atoms with E-state index in [9.17, 15) is 28.9 Å². The van der Waals surface area contributed by atoms with E-state index < -0.39 is 40.0 Å². The van der Waals surface area contributed by atoms with Crippen LogP contribution in [-0.2, 0) is 14.3 Å². The quantitative estimate of drug-likeness (QED) is 0.234. The Hall–Kier alpha value is -2.95. The number of thioether (sulfide) groups is 1. The zero-order chi connectivity index (χ0) is 20.4. The monoisotopic (exact) mass is 409 g/mol. The van der Waals surface area contributed by atoms with Crippen LogP contribution in [0, 0.1) is 15.9 Å². The minimum Gasteiger partial charge on any atom is -0.465 e. The Bertz CT molecular complexity index is 903. The summed E-state index contributed by atoms with van der Waals surface area (Å²) in [7, 11) is 0. The lowest BCUT2D eigenvalue weighted by Crippen LogP contribution is -2.34. The molecule has 0 radical (unpaired) electrons.